The minimum Gasteiger partial charge on any atom is -0.279 e. The van der Waals surface area contributed by atoms with Crippen LogP contribution in [0.4, 0.5) is 17.1 Å². The summed E-state index contributed by atoms with van der Waals surface area (Å²) in [4.78, 5) is 10.5. The minimum atomic E-state index is -4.13. The number of nitrogens with one attached hydrogen (secondary N) is 2. The molecule has 0 aromatic heterocycles. The van der Waals surface area contributed by atoms with Gasteiger partial charge in [-0.25, -0.2) is 8.42 Å². The van der Waals surface area contributed by atoms with Crippen molar-refractivity contribution in [3.8, 4) is 0 Å². The van der Waals surface area contributed by atoms with E-state index >= 15 is 0 Å². The summed E-state index contributed by atoms with van der Waals surface area (Å²) >= 11 is 0. The molecule has 0 radical (unpaired) electrons. The number of benzene rings is 3. The van der Waals surface area contributed by atoms with Crippen LogP contribution in [-0.2, 0) is 16.4 Å². The highest BCUT2D eigenvalue weighted by Gasteiger charge is 2.24. The van der Waals surface area contributed by atoms with Gasteiger partial charge in [-0.2, -0.15) is 5.10 Å². The van der Waals surface area contributed by atoms with Crippen molar-refractivity contribution in [3.63, 3.8) is 0 Å². The van der Waals surface area contributed by atoms with Gasteiger partial charge in [0.25, 0.3) is 15.7 Å². The maximum Gasteiger partial charge on any atom is 0.270 e. The van der Waals surface area contributed by atoms with Crippen LogP contribution in [0.1, 0.15) is 35.1 Å². The molecule has 3 aromatic carbocycles. The van der Waals surface area contributed by atoms with E-state index in [1.54, 1.807) is 19.1 Å². The summed E-state index contributed by atoms with van der Waals surface area (Å²) in [7, 11) is -4.13. The SMILES string of the molecule is Cc1ccc(NS(=O)(=O)c2cc([N+](=O)[O-])ccc2N/N=C2\CCCc3ccccc32)c(C)c1. The molecule has 0 heterocycles. The van der Waals surface area contributed by atoms with Crippen molar-refractivity contribution in [2.24, 2.45) is 5.10 Å². The van der Waals surface area contributed by atoms with Crippen LogP contribution in [0, 0.1) is 24.0 Å². The van der Waals surface area contributed by atoms with E-state index in [1.165, 1.54) is 17.7 Å². The molecule has 3 aromatic rings. The number of nitro groups is 1. The first-order valence-corrected chi connectivity index (χ1v) is 12.0. The lowest BCUT2D eigenvalue weighted by molar-refractivity contribution is -0.385. The molecule has 0 saturated carbocycles. The van der Waals surface area contributed by atoms with Crippen molar-refractivity contribution in [1.82, 2.24) is 0 Å². The van der Waals surface area contributed by atoms with Crippen molar-refractivity contribution in [2.75, 3.05) is 10.1 Å². The number of non-ortho nitro benzene ring substituents is 1. The summed E-state index contributed by atoms with van der Waals surface area (Å²) < 4.78 is 29.1. The van der Waals surface area contributed by atoms with Gasteiger partial charge < -0.3 is 0 Å². The van der Waals surface area contributed by atoms with Crippen LogP contribution in [-0.4, -0.2) is 19.1 Å². The van der Waals surface area contributed by atoms with E-state index in [9.17, 15) is 18.5 Å². The smallest absolute Gasteiger partial charge is 0.270 e. The molecule has 33 heavy (non-hydrogen) atoms. The lowest BCUT2D eigenvalue weighted by Crippen LogP contribution is -2.17. The highest BCUT2D eigenvalue weighted by atomic mass is 32.2. The number of hydrazone groups is 1. The number of rotatable bonds is 6. The molecule has 0 saturated heterocycles. The molecule has 0 spiro atoms. The second-order valence-electron chi connectivity index (χ2n) is 8.04. The van der Waals surface area contributed by atoms with Crippen LogP contribution in [0.5, 0.6) is 0 Å². The molecule has 1 aliphatic rings. The second kappa shape index (κ2) is 9.03. The number of nitrogens with zero attached hydrogens (tertiary/aromatic N) is 2. The predicted molar refractivity (Wildman–Crippen MR) is 129 cm³/mol. The summed E-state index contributed by atoms with van der Waals surface area (Å²) in [5.41, 5.74) is 7.88. The quantitative estimate of drug-likeness (QED) is 0.386. The molecule has 0 bridgehead atoms. The lowest BCUT2D eigenvalue weighted by Gasteiger charge is -2.18. The first kappa shape index (κ1) is 22.5. The van der Waals surface area contributed by atoms with Gasteiger partial charge in [-0.15, -0.1) is 0 Å². The van der Waals surface area contributed by atoms with Crippen molar-refractivity contribution in [1.29, 1.82) is 0 Å². The van der Waals surface area contributed by atoms with Gasteiger partial charge in [0.15, 0.2) is 0 Å². The molecule has 0 atom stereocenters. The van der Waals surface area contributed by atoms with Gasteiger partial charge in [-0.1, -0.05) is 42.0 Å². The van der Waals surface area contributed by atoms with Crippen LogP contribution >= 0.6 is 0 Å². The highest BCUT2D eigenvalue weighted by molar-refractivity contribution is 7.92. The molecule has 8 nitrogen and oxygen atoms in total. The van der Waals surface area contributed by atoms with Crippen LogP contribution in [0.2, 0.25) is 0 Å². The fourth-order valence-corrected chi connectivity index (χ4v) is 5.22. The second-order valence-corrected chi connectivity index (χ2v) is 9.69. The molecule has 1 aliphatic carbocycles. The summed E-state index contributed by atoms with van der Waals surface area (Å²) in [6.07, 6.45) is 2.66. The Balaban J connectivity index is 1.72. The third kappa shape index (κ3) is 4.88. The molecule has 0 aliphatic heterocycles. The monoisotopic (exact) mass is 464 g/mol. The van der Waals surface area contributed by atoms with Gasteiger partial charge in [0.2, 0.25) is 0 Å². The third-order valence-electron chi connectivity index (χ3n) is 5.59. The Bertz CT molecular complexity index is 1370. The maximum absolute atomic E-state index is 13.3. The Morgan fingerprint density at radius 1 is 0.970 bits per heavy atom. The summed E-state index contributed by atoms with van der Waals surface area (Å²) in [5, 5.41) is 15.8. The Morgan fingerprint density at radius 3 is 2.48 bits per heavy atom. The van der Waals surface area contributed by atoms with Gasteiger partial charge >= 0.3 is 0 Å². The molecular weight excluding hydrogens is 440 g/mol. The number of hydrogen-bond acceptors (Lipinski definition) is 6. The molecule has 9 heteroatoms. The summed E-state index contributed by atoms with van der Waals surface area (Å²) in [5.74, 6) is 0. The van der Waals surface area contributed by atoms with E-state index in [4.69, 9.17) is 0 Å². The van der Waals surface area contributed by atoms with Crippen molar-refractivity contribution in [2.45, 2.75) is 38.0 Å². The topological polar surface area (TPSA) is 114 Å². The zero-order chi connectivity index (χ0) is 23.6. The Morgan fingerprint density at radius 2 is 1.73 bits per heavy atom. The number of hydrogen-bond donors (Lipinski definition) is 2. The standard InChI is InChI=1S/C24H24N4O4S/c1-16-10-12-21(17(2)14-16)27-33(31,32)24-15-19(28(29)30)11-13-23(24)26-25-22-9-5-7-18-6-3-4-8-20(18)22/h3-4,6,8,10-15,26-27H,5,7,9H2,1-2H3/b25-22+. The van der Waals surface area contributed by atoms with Gasteiger partial charge in [0, 0.05) is 17.7 Å². The molecular formula is C24H24N4O4S. The van der Waals surface area contributed by atoms with Gasteiger partial charge in [0.1, 0.15) is 4.90 Å². The predicted octanol–water partition coefficient (Wildman–Crippen LogP) is 5.16. The van der Waals surface area contributed by atoms with Gasteiger partial charge in [-0.3, -0.25) is 20.3 Å². The van der Waals surface area contributed by atoms with E-state index < -0.39 is 14.9 Å². The van der Waals surface area contributed by atoms with Crippen molar-refractivity contribution < 1.29 is 13.3 Å². The molecule has 2 N–H and O–H groups in total. The number of sulfonamides is 1. The highest BCUT2D eigenvalue weighted by Crippen LogP contribution is 2.30. The number of anilines is 2. The summed E-state index contributed by atoms with van der Waals surface area (Å²) in [6, 6.07) is 17.0. The Labute approximate surface area is 192 Å². The Hall–Kier alpha value is -3.72. The normalized spacial score (nSPS) is 14.5. The van der Waals surface area contributed by atoms with Crippen molar-refractivity contribution in [3.05, 3.63) is 93.0 Å². The fourth-order valence-electron chi connectivity index (χ4n) is 3.91. The lowest BCUT2D eigenvalue weighted by atomic mass is 9.90. The van der Waals surface area contributed by atoms with Crippen molar-refractivity contribution >= 4 is 32.8 Å². The molecule has 4 rings (SSSR count). The first-order valence-electron chi connectivity index (χ1n) is 10.5. The van der Waals surface area contributed by atoms with E-state index in [0.717, 1.165) is 47.7 Å². The van der Waals surface area contributed by atoms with Crippen LogP contribution in [0.3, 0.4) is 0 Å². The third-order valence-corrected chi connectivity index (χ3v) is 7.00. The summed E-state index contributed by atoms with van der Waals surface area (Å²) in [6.45, 7) is 3.71. The molecule has 0 amide bonds. The van der Waals surface area contributed by atoms with Crippen LogP contribution < -0.4 is 10.1 Å². The molecule has 0 fully saturated rings. The van der Waals surface area contributed by atoms with E-state index in [1.807, 2.05) is 31.2 Å². The molecule has 0 unspecified atom stereocenters. The minimum absolute atomic E-state index is 0.161. The van der Waals surface area contributed by atoms with E-state index in [-0.39, 0.29) is 16.3 Å². The maximum atomic E-state index is 13.3. The number of aryl methyl sites for hydroxylation is 3. The van der Waals surface area contributed by atoms with Gasteiger partial charge in [-0.05, 0) is 56.4 Å². The van der Waals surface area contributed by atoms with Crippen LogP contribution in [0.25, 0.3) is 0 Å². The fraction of sp³-hybridized carbons (Fsp3) is 0.208. The molecule has 170 valence electrons. The van der Waals surface area contributed by atoms with Crippen LogP contribution in [0.15, 0.2) is 70.7 Å². The Kier molecular flexibility index (Phi) is 6.15. The van der Waals surface area contributed by atoms with Gasteiger partial charge in [0.05, 0.1) is 22.0 Å². The zero-order valence-corrected chi connectivity index (χ0v) is 19.1. The van der Waals surface area contributed by atoms with E-state index in [2.05, 4.69) is 21.3 Å². The largest absolute Gasteiger partial charge is 0.279 e. The van der Waals surface area contributed by atoms with E-state index in [0.29, 0.717) is 5.69 Å². The number of fused-ring (bicyclic) bond motifs is 1. The average Bonchev–Trinajstić information content (AvgIpc) is 2.79. The number of nitro benzene ring substituents is 1. The average molecular weight is 465 g/mol. The zero-order valence-electron chi connectivity index (χ0n) is 18.3. The first-order chi connectivity index (χ1) is 15.7.